The van der Waals surface area contributed by atoms with Gasteiger partial charge in [-0.25, -0.2) is 0 Å². The highest BCUT2D eigenvalue weighted by atomic mass is 16.6. The summed E-state index contributed by atoms with van der Waals surface area (Å²) in [4.78, 5) is 9.70. The molecule has 0 atom stereocenters. The van der Waals surface area contributed by atoms with E-state index < -0.39 is 4.92 Å². The molecule has 0 aromatic carbocycles. The number of hydrogen-bond acceptors (Lipinski definition) is 3. The Balaban J connectivity index is 4.43. The van der Waals surface area contributed by atoms with Crippen molar-refractivity contribution in [3.63, 3.8) is 0 Å². The number of aliphatic hydroxyl groups excluding tert-OH is 1. The third kappa shape index (κ3) is 3.55. The summed E-state index contributed by atoms with van der Waals surface area (Å²) >= 11 is 0. The van der Waals surface area contributed by atoms with Crippen molar-refractivity contribution in [2.75, 3.05) is 0 Å². The van der Waals surface area contributed by atoms with Crippen LogP contribution in [0.15, 0.2) is 35.8 Å². The van der Waals surface area contributed by atoms with Crippen molar-refractivity contribution >= 4 is 0 Å². The fourth-order valence-electron chi connectivity index (χ4n) is 0.529. The minimum absolute atomic E-state index is 0.0104. The summed E-state index contributed by atoms with van der Waals surface area (Å²) in [6.07, 6.45) is 5.33. The summed E-state index contributed by atoms with van der Waals surface area (Å²) in [7, 11) is 0. The fourth-order valence-corrected chi connectivity index (χ4v) is 0.529. The van der Waals surface area contributed by atoms with Gasteiger partial charge in [-0.05, 0) is 32.1 Å². The van der Waals surface area contributed by atoms with Gasteiger partial charge < -0.3 is 5.11 Å². The first-order chi connectivity index (χ1) is 5.61. The van der Waals surface area contributed by atoms with Gasteiger partial charge in [-0.1, -0.05) is 0 Å². The molecule has 0 aliphatic heterocycles. The van der Waals surface area contributed by atoms with Crippen LogP contribution in [0.3, 0.4) is 0 Å². The predicted molar refractivity (Wildman–Crippen MR) is 46.3 cm³/mol. The van der Waals surface area contributed by atoms with E-state index in [1.165, 1.54) is 24.3 Å². The largest absolute Gasteiger partial charge is 0.508 e. The lowest BCUT2D eigenvalue weighted by molar-refractivity contribution is -0.419. The molecule has 0 aromatic rings. The van der Waals surface area contributed by atoms with Gasteiger partial charge >= 0.3 is 0 Å². The molecular formula is C8H11NO3. The van der Waals surface area contributed by atoms with Gasteiger partial charge in [-0.15, -0.1) is 0 Å². The summed E-state index contributed by atoms with van der Waals surface area (Å²) in [6, 6.07) is 0. The van der Waals surface area contributed by atoms with Crippen LogP contribution in [0.1, 0.15) is 13.8 Å². The Morgan fingerprint density at radius 1 is 1.33 bits per heavy atom. The predicted octanol–water partition coefficient (Wildman–Crippen LogP) is 2.18. The van der Waals surface area contributed by atoms with Gasteiger partial charge in [-0.3, -0.25) is 10.1 Å². The second-order valence-corrected chi connectivity index (χ2v) is 2.02. The van der Waals surface area contributed by atoms with Gasteiger partial charge in [0.15, 0.2) is 0 Å². The lowest BCUT2D eigenvalue weighted by Gasteiger charge is -1.89. The van der Waals surface area contributed by atoms with Crippen LogP contribution < -0.4 is 0 Å². The van der Waals surface area contributed by atoms with E-state index in [0.717, 1.165) is 0 Å². The standard InChI is InChI=1S/C8H11NO3/c1-3-7(9(11)12)5-6-8(10)4-2/h3-6,10H,1-2H3/b6-5-,7-3?,8-4+. The Labute approximate surface area is 70.7 Å². The first-order valence-corrected chi connectivity index (χ1v) is 3.46. The normalized spacial score (nSPS) is 13.8. The van der Waals surface area contributed by atoms with Crippen molar-refractivity contribution in [1.29, 1.82) is 0 Å². The van der Waals surface area contributed by atoms with Gasteiger partial charge in [0.25, 0.3) is 5.70 Å². The van der Waals surface area contributed by atoms with E-state index in [0.29, 0.717) is 0 Å². The Morgan fingerprint density at radius 2 is 1.92 bits per heavy atom. The van der Waals surface area contributed by atoms with Crippen LogP contribution in [0.5, 0.6) is 0 Å². The average molecular weight is 169 g/mol. The van der Waals surface area contributed by atoms with Crippen molar-refractivity contribution in [3.05, 3.63) is 45.9 Å². The molecule has 12 heavy (non-hydrogen) atoms. The molecule has 1 N–H and O–H groups in total. The Morgan fingerprint density at radius 3 is 2.25 bits per heavy atom. The maximum Gasteiger partial charge on any atom is 0.265 e. The summed E-state index contributed by atoms with van der Waals surface area (Å²) in [5.74, 6) is 0.0104. The summed E-state index contributed by atoms with van der Waals surface area (Å²) in [5.41, 5.74) is -0.0385. The molecule has 0 radical (unpaired) electrons. The van der Waals surface area contributed by atoms with Crippen LogP contribution in [0, 0.1) is 10.1 Å². The molecule has 0 aliphatic rings. The molecule has 0 aliphatic carbocycles. The minimum Gasteiger partial charge on any atom is -0.508 e. The number of allylic oxidation sites excluding steroid dienone is 4. The molecular weight excluding hydrogens is 158 g/mol. The lowest BCUT2D eigenvalue weighted by atomic mass is 10.3. The minimum atomic E-state index is -0.514. The quantitative estimate of drug-likeness (QED) is 0.305. The molecule has 4 heteroatoms. The average Bonchev–Trinajstić information content (AvgIpc) is 2.04. The van der Waals surface area contributed by atoms with Crippen LogP contribution in [-0.2, 0) is 0 Å². The second kappa shape index (κ2) is 5.12. The van der Waals surface area contributed by atoms with Crippen molar-refractivity contribution < 1.29 is 10.0 Å². The maximum atomic E-state index is 10.2. The van der Waals surface area contributed by atoms with Crippen LogP contribution in [0.2, 0.25) is 0 Å². The third-order valence-electron chi connectivity index (χ3n) is 1.23. The molecule has 0 saturated carbocycles. The number of rotatable bonds is 3. The van der Waals surface area contributed by atoms with Crippen molar-refractivity contribution in [2.24, 2.45) is 0 Å². The topological polar surface area (TPSA) is 63.4 Å². The van der Waals surface area contributed by atoms with Crippen molar-refractivity contribution in [1.82, 2.24) is 0 Å². The number of nitro groups is 1. The van der Waals surface area contributed by atoms with Crippen LogP contribution in [0.25, 0.3) is 0 Å². The van der Waals surface area contributed by atoms with E-state index in [1.54, 1.807) is 13.8 Å². The number of hydrogen-bond donors (Lipinski definition) is 1. The molecule has 0 unspecified atom stereocenters. The Bertz CT molecular complexity index is 251. The maximum absolute atomic E-state index is 10.2. The SMILES string of the molecule is CC=C(/C=C\C(O)=C/C)[N+](=O)[O-]. The summed E-state index contributed by atoms with van der Waals surface area (Å²) in [6.45, 7) is 3.20. The van der Waals surface area contributed by atoms with E-state index in [4.69, 9.17) is 5.11 Å². The zero-order valence-electron chi connectivity index (χ0n) is 7.02. The molecule has 66 valence electrons. The van der Waals surface area contributed by atoms with Crippen LogP contribution >= 0.6 is 0 Å². The van der Waals surface area contributed by atoms with Crippen molar-refractivity contribution in [3.8, 4) is 0 Å². The third-order valence-corrected chi connectivity index (χ3v) is 1.23. The number of aliphatic hydroxyl groups is 1. The molecule has 0 bridgehead atoms. The highest BCUT2D eigenvalue weighted by molar-refractivity contribution is 5.18. The zero-order valence-corrected chi connectivity index (χ0v) is 7.02. The molecule has 0 fully saturated rings. The van der Waals surface area contributed by atoms with E-state index in [9.17, 15) is 10.1 Å². The summed E-state index contributed by atoms with van der Waals surface area (Å²) in [5, 5.41) is 19.1. The van der Waals surface area contributed by atoms with Gasteiger partial charge in [0.2, 0.25) is 0 Å². The molecule has 0 aromatic heterocycles. The van der Waals surface area contributed by atoms with Gasteiger partial charge in [0.1, 0.15) is 5.76 Å². The Kier molecular flexibility index (Phi) is 4.45. The first kappa shape index (κ1) is 10.4. The highest BCUT2D eigenvalue weighted by Gasteiger charge is 2.01. The number of nitrogens with zero attached hydrogens (tertiary/aromatic N) is 1. The smallest absolute Gasteiger partial charge is 0.265 e. The molecule has 0 rings (SSSR count). The first-order valence-electron chi connectivity index (χ1n) is 3.46. The zero-order chi connectivity index (χ0) is 9.56. The molecule has 4 nitrogen and oxygen atoms in total. The summed E-state index contributed by atoms with van der Waals surface area (Å²) < 4.78 is 0. The lowest BCUT2D eigenvalue weighted by Crippen LogP contribution is -1.94. The molecule has 0 saturated heterocycles. The van der Waals surface area contributed by atoms with Gasteiger partial charge in [0.05, 0.1) is 4.92 Å². The van der Waals surface area contributed by atoms with Crippen molar-refractivity contribution in [2.45, 2.75) is 13.8 Å². The van der Waals surface area contributed by atoms with Crippen LogP contribution in [-0.4, -0.2) is 10.0 Å². The van der Waals surface area contributed by atoms with Crippen LogP contribution in [0.4, 0.5) is 0 Å². The highest BCUT2D eigenvalue weighted by Crippen LogP contribution is 2.00. The van der Waals surface area contributed by atoms with Gasteiger partial charge in [0, 0.05) is 6.08 Å². The molecule has 0 heterocycles. The Hall–Kier alpha value is -1.58. The molecule has 0 amide bonds. The molecule has 0 spiro atoms. The second-order valence-electron chi connectivity index (χ2n) is 2.02. The van der Waals surface area contributed by atoms with E-state index in [2.05, 4.69) is 0 Å². The van der Waals surface area contributed by atoms with Gasteiger partial charge in [-0.2, -0.15) is 0 Å². The van der Waals surface area contributed by atoms with E-state index >= 15 is 0 Å². The monoisotopic (exact) mass is 169 g/mol. The fraction of sp³-hybridized carbons (Fsp3) is 0.250. The van der Waals surface area contributed by atoms with E-state index in [1.807, 2.05) is 0 Å². The van der Waals surface area contributed by atoms with E-state index in [-0.39, 0.29) is 11.5 Å².